The number of aryl methyl sites for hydroxylation is 1. The van der Waals surface area contributed by atoms with Crippen LogP contribution in [0.15, 0.2) is 90.2 Å². The lowest BCUT2D eigenvalue weighted by Crippen LogP contribution is -2.18. The highest BCUT2D eigenvalue weighted by atomic mass is 32.1. The van der Waals surface area contributed by atoms with E-state index >= 15 is 0 Å². The molecular weight excluding hydrogens is 550 g/mol. The molecule has 3 N–H and O–H groups in total. The zero-order valence-corrected chi connectivity index (χ0v) is 23.7. The van der Waals surface area contributed by atoms with E-state index in [0.29, 0.717) is 28.9 Å². The van der Waals surface area contributed by atoms with Crippen molar-refractivity contribution in [1.29, 1.82) is 0 Å². The Kier molecular flexibility index (Phi) is 7.52. The van der Waals surface area contributed by atoms with Crippen molar-refractivity contribution in [2.75, 3.05) is 12.1 Å². The van der Waals surface area contributed by atoms with Crippen LogP contribution in [0.1, 0.15) is 29.9 Å². The fourth-order valence-corrected chi connectivity index (χ4v) is 5.23. The van der Waals surface area contributed by atoms with Crippen LogP contribution in [0.4, 0.5) is 5.82 Å². The molecule has 210 valence electrons. The minimum absolute atomic E-state index is 0.0127. The Labute approximate surface area is 246 Å². The van der Waals surface area contributed by atoms with Crippen LogP contribution in [0, 0.1) is 6.92 Å². The predicted molar refractivity (Wildman–Crippen MR) is 163 cm³/mol. The van der Waals surface area contributed by atoms with Gasteiger partial charge < -0.3 is 25.3 Å². The van der Waals surface area contributed by atoms with Crippen molar-refractivity contribution in [3.05, 3.63) is 107 Å². The number of amides is 1. The molecule has 3 heterocycles. The summed E-state index contributed by atoms with van der Waals surface area (Å²) in [6, 6.07) is 21.0. The second-order valence-electron chi connectivity index (χ2n) is 9.63. The highest BCUT2D eigenvalue weighted by Crippen LogP contribution is 2.33. The number of hydrogen-bond acceptors (Lipinski definition) is 9. The van der Waals surface area contributed by atoms with Crippen molar-refractivity contribution in [2.45, 2.75) is 19.9 Å². The monoisotopic (exact) mass is 577 g/mol. The maximum Gasteiger partial charge on any atom is 0.284 e. The number of carbonyl (C=O) groups is 1. The van der Waals surface area contributed by atoms with Gasteiger partial charge in [-0.1, -0.05) is 36.4 Å². The van der Waals surface area contributed by atoms with E-state index in [1.54, 1.807) is 23.5 Å². The lowest BCUT2D eigenvalue weighted by Gasteiger charge is -2.17. The van der Waals surface area contributed by atoms with E-state index < -0.39 is 5.91 Å². The number of hydrogen-bond donors (Lipinski definition) is 2. The van der Waals surface area contributed by atoms with Crippen molar-refractivity contribution in [2.24, 2.45) is 5.73 Å². The van der Waals surface area contributed by atoms with E-state index in [4.69, 9.17) is 19.9 Å². The third kappa shape index (κ3) is 6.08. The van der Waals surface area contributed by atoms with Gasteiger partial charge in [0.2, 0.25) is 6.79 Å². The van der Waals surface area contributed by atoms with Gasteiger partial charge in [0.05, 0.1) is 27.5 Å². The number of carbonyl (C=O) groups excluding carboxylic acids is 1. The van der Waals surface area contributed by atoms with E-state index in [1.165, 1.54) is 6.08 Å². The smallest absolute Gasteiger partial charge is 0.284 e. The van der Waals surface area contributed by atoms with Gasteiger partial charge in [-0.2, -0.15) is 0 Å². The Hall–Kier alpha value is -5.22. The molecule has 42 heavy (non-hydrogen) atoms. The number of nitrogens with two attached hydrogens (primary N) is 1. The summed E-state index contributed by atoms with van der Waals surface area (Å²) >= 11 is 1.60. The summed E-state index contributed by atoms with van der Waals surface area (Å²) in [6.45, 7) is 4.11. The number of aromatic nitrogens is 3. The lowest BCUT2D eigenvalue weighted by molar-refractivity contribution is -0.116. The second-order valence-corrected chi connectivity index (χ2v) is 10.5. The summed E-state index contributed by atoms with van der Waals surface area (Å²) in [5, 5.41) is 3.46. The normalized spacial score (nSPS) is 13.4. The molecule has 5 aromatic rings. The van der Waals surface area contributed by atoms with E-state index in [-0.39, 0.29) is 18.6 Å². The number of allylic oxidation sites excluding steroid dienone is 2. The zero-order valence-electron chi connectivity index (χ0n) is 22.9. The van der Waals surface area contributed by atoms with Gasteiger partial charge in [-0.25, -0.2) is 15.0 Å². The molecule has 0 bridgehead atoms. The Bertz CT molecular complexity index is 1850. The molecule has 9 nitrogen and oxygen atoms in total. The number of benzene rings is 3. The van der Waals surface area contributed by atoms with Gasteiger partial charge in [0, 0.05) is 11.6 Å². The number of ether oxygens (including phenoxy) is 3. The lowest BCUT2D eigenvalue weighted by atomic mass is 10.1. The average molecular weight is 578 g/mol. The molecule has 0 spiro atoms. The van der Waals surface area contributed by atoms with Crippen LogP contribution in [0.2, 0.25) is 0 Å². The molecule has 1 unspecified atom stereocenters. The van der Waals surface area contributed by atoms with Gasteiger partial charge in [0.1, 0.15) is 17.4 Å². The summed E-state index contributed by atoms with van der Waals surface area (Å²) in [6.07, 6.45) is 5.06. The first-order valence-electron chi connectivity index (χ1n) is 13.2. The molecule has 0 radical (unpaired) electrons. The maximum absolute atomic E-state index is 12.1. The predicted octanol–water partition coefficient (Wildman–Crippen LogP) is 6.42. The van der Waals surface area contributed by atoms with E-state index in [2.05, 4.69) is 26.3 Å². The summed E-state index contributed by atoms with van der Waals surface area (Å²) in [5.41, 5.74) is 12.1. The quantitative estimate of drug-likeness (QED) is 0.117. The average Bonchev–Trinajstić information content (AvgIpc) is 3.65. The van der Waals surface area contributed by atoms with Crippen LogP contribution in [-0.2, 0) is 4.79 Å². The molecule has 1 aliphatic heterocycles. The summed E-state index contributed by atoms with van der Waals surface area (Å²) < 4.78 is 17.7. The minimum atomic E-state index is -0.678. The summed E-state index contributed by atoms with van der Waals surface area (Å²) in [4.78, 5) is 25.7. The highest BCUT2D eigenvalue weighted by molar-refractivity contribution is 7.16. The molecule has 10 heteroatoms. The number of rotatable bonds is 9. The number of anilines is 1. The molecule has 0 fully saturated rings. The third-order valence-electron chi connectivity index (χ3n) is 6.59. The van der Waals surface area contributed by atoms with Crippen molar-refractivity contribution >= 4 is 39.4 Å². The van der Waals surface area contributed by atoms with Crippen LogP contribution in [0.5, 0.6) is 17.2 Å². The maximum atomic E-state index is 12.1. The SMILES string of the molecule is Cc1nc(NC(C)c2cccc(OC(=CC=Cc3ccc4c(c3)OCO4)C(N)=O)c2)cc(-c2ccc3ncsc3c2)n1. The number of nitrogens with zero attached hydrogens (tertiary/aromatic N) is 3. The Morgan fingerprint density at radius 1 is 1.07 bits per heavy atom. The van der Waals surface area contributed by atoms with Crippen LogP contribution >= 0.6 is 11.3 Å². The van der Waals surface area contributed by atoms with Crippen LogP contribution in [0.3, 0.4) is 0 Å². The first-order chi connectivity index (χ1) is 20.4. The number of fused-ring (bicyclic) bond motifs is 2. The topological polar surface area (TPSA) is 121 Å². The van der Waals surface area contributed by atoms with Gasteiger partial charge in [0.25, 0.3) is 5.91 Å². The zero-order chi connectivity index (χ0) is 29.1. The fourth-order valence-electron chi connectivity index (χ4n) is 4.51. The van der Waals surface area contributed by atoms with E-state index in [9.17, 15) is 4.79 Å². The van der Waals surface area contributed by atoms with Crippen molar-refractivity contribution in [1.82, 2.24) is 15.0 Å². The highest BCUT2D eigenvalue weighted by Gasteiger charge is 2.14. The molecule has 6 rings (SSSR count). The largest absolute Gasteiger partial charge is 0.454 e. The number of thiazole rings is 1. The number of nitrogens with one attached hydrogen (secondary N) is 1. The molecule has 0 saturated carbocycles. The van der Waals surface area contributed by atoms with Crippen molar-refractivity contribution < 1.29 is 19.0 Å². The summed E-state index contributed by atoms with van der Waals surface area (Å²) in [5.74, 6) is 2.57. The molecule has 3 aromatic carbocycles. The Morgan fingerprint density at radius 2 is 1.95 bits per heavy atom. The molecule has 0 aliphatic carbocycles. The standard InChI is InChI=1S/C32H27N5O4S/c1-19(35-31-16-26(36-20(2)37-31)23-10-11-25-30(15-23)42-17-34-25)22-6-4-7-24(14-22)41-28(32(33)38)8-3-5-21-9-12-27-29(13-21)40-18-39-27/h3-17,19H,18H2,1-2H3,(H2,33,38)(H,35,36,37). The third-order valence-corrected chi connectivity index (χ3v) is 7.38. The molecule has 1 amide bonds. The molecular formula is C32H27N5O4S. The van der Waals surface area contributed by atoms with Gasteiger partial charge in [-0.15, -0.1) is 11.3 Å². The van der Waals surface area contributed by atoms with Crippen molar-refractivity contribution in [3.8, 4) is 28.5 Å². The molecule has 1 aliphatic rings. The Balaban J connectivity index is 1.16. The minimum Gasteiger partial charge on any atom is -0.454 e. The fraction of sp³-hybridized carbons (Fsp3) is 0.125. The van der Waals surface area contributed by atoms with Gasteiger partial charge >= 0.3 is 0 Å². The second kappa shape index (κ2) is 11.7. The molecule has 1 atom stereocenters. The number of primary amides is 1. The summed E-state index contributed by atoms with van der Waals surface area (Å²) in [7, 11) is 0. The van der Waals surface area contributed by atoms with E-state index in [1.807, 2.05) is 80.0 Å². The van der Waals surface area contributed by atoms with Gasteiger partial charge in [-0.3, -0.25) is 4.79 Å². The molecule has 0 saturated heterocycles. The van der Waals surface area contributed by atoms with Gasteiger partial charge in [0.15, 0.2) is 17.3 Å². The first-order valence-corrected chi connectivity index (χ1v) is 14.1. The molecule has 2 aromatic heterocycles. The van der Waals surface area contributed by atoms with Gasteiger partial charge in [-0.05, 0) is 67.4 Å². The Morgan fingerprint density at radius 3 is 2.83 bits per heavy atom. The van der Waals surface area contributed by atoms with Crippen LogP contribution in [-0.4, -0.2) is 27.7 Å². The van der Waals surface area contributed by atoms with Crippen molar-refractivity contribution in [3.63, 3.8) is 0 Å². The van der Waals surface area contributed by atoms with Crippen LogP contribution in [0.25, 0.3) is 27.6 Å². The first kappa shape index (κ1) is 27.0. The van der Waals surface area contributed by atoms with E-state index in [0.717, 1.165) is 32.6 Å². The van der Waals surface area contributed by atoms with Crippen LogP contribution < -0.4 is 25.3 Å².